The molecule has 1 heterocycles. The number of halogens is 7. The molecule has 0 saturated heterocycles. The summed E-state index contributed by atoms with van der Waals surface area (Å²) in [5.41, 5.74) is -1.05. The number of aryl methyl sites for hydroxylation is 2. The van der Waals surface area contributed by atoms with Crippen LogP contribution in [-0.4, -0.2) is 15.8 Å². The van der Waals surface area contributed by atoms with E-state index in [4.69, 9.17) is 0 Å². The number of urea groups is 1. The number of anilines is 2. The van der Waals surface area contributed by atoms with Gasteiger partial charge in [-0.1, -0.05) is 15.9 Å². The molecule has 0 atom stereocenters. The van der Waals surface area contributed by atoms with Crippen molar-refractivity contribution in [1.29, 1.82) is 0 Å². The summed E-state index contributed by atoms with van der Waals surface area (Å²) in [6.45, 7) is 3.61. The lowest BCUT2D eigenvalue weighted by molar-refractivity contribution is -0.143. The monoisotopic (exact) mass is 520 g/mol. The SMILES string of the molecule is Cc1cc(Br)cc(C)c1NC(=O)Nc1ccc(-n2nc(C(F)(F)F)cc2C(F)(F)F)cc1. The van der Waals surface area contributed by atoms with Crippen LogP contribution in [0.1, 0.15) is 22.5 Å². The number of nitrogens with one attached hydrogen (secondary N) is 2. The summed E-state index contributed by atoms with van der Waals surface area (Å²) in [6, 6.07) is 7.73. The van der Waals surface area contributed by atoms with Crippen LogP contribution in [0.25, 0.3) is 5.69 Å². The fourth-order valence-corrected chi connectivity index (χ4v) is 3.67. The predicted molar refractivity (Wildman–Crippen MR) is 110 cm³/mol. The van der Waals surface area contributed by atoms with E-state index < -0.39 is 29.8 Å². The molecular weight excluding hydrogens is 506 g/mol. The minimum atomic E-state index is -5.05. The lowest BCUT2D eigenvalue weighted by atomic mass is 10.1. The molecule has 0 spiro atoms. The van der Waals surface area contributed by atoms with Crippen LogP contribution in [0.3, 0.4) is 0 Å². The van der Waals surface area contributed by atoms with E-state index in [1.54, 1.807) is 13.8 Å². The molecular formula is C20H15BrF6N4O. The molecule has 0 radical (unpaired) electrons. The van der Waals surface area contributed by atoms with E-state index in [1.807, 2.05) is 12.1 Å². The number of nitrogens with zero attached hydrogens (tertiary/aromatic N) is 2. The molecule has 1 aromatic heterocycles. The van der Waals surface area contributed by atoms with Crippen LogP contribution in [0.2, 0.25) is 0 Å². The van der Waals surface area contributed by atoms with Crippen LogP contribution in [0.4, 0.5) is 42.5 Å². The van der Waals surface area contributed by atoms with Gasteiger partial charge in [0.2, 0.25) is 0 Å². The third-order valence-corrected chi connectivity index (χ3v) is 4.85. The summed E-state index contributed by atoms with van der Waals surface area (Å²) >= 11 is 3.35. The van der Waals surface area contributed by atoms with Crippen molar-refractivity contribution in [2.45, 2.75) is 26.2 Å². The molecule has 32 heavy (non-hydrogen) atoms. The van der Waals surface area contributed by atoms with Crippen molar-refractivity contribution in [3.63, 3.8) is 0 Å². The molecule has 5 nitrogen and oxygen atoms in total. The van der Waals surface area contributed by atoms with Gasteiger partial charge in [-0.3, -0.25) is 0 Å². The first kappa shape index (κ1) is 23.6. The van der Waals surface area contributed by atoms with Crippen molar-refractivity contribution in [2.75, 3.05) is 10.6 Å². The summed E-state index contributed by atoms with van der Waals surface area (Å²) in [4.78, 5) is 12.3. The van der Waals surface area contributed by atoms with E-state index in [0.717, 1.165) is 27.7 Å². The molecule has 2 aromatic carbocycles. The Labute approximate surface area is 186 Å². The van der Waals surface area contributed by atoms with Crippen molar-refractivity contribution in [1.82, 2.24) is 9.78 Å². The number of hydrogen-bond donors (Lipinski definition) is 2. The maximum atomic E-state index is 13.2. The zero-order valence-corrected chi connectivity index (χ0v) is 18.1. The van der Waals surface area contributed by atoms with Crippen LogP contribution in [0.5, 0.6) is 0 Å². The molecule has 2 amide bonds. The van der Waals surface area contributed by atoms with Crippen LogP contribution < -0.4 is 10.6 Å². The molecule has 0 aliphatic rings. The van der Waals surface area contributed by atoms with Gasteiger partial charge in [0.05, 0.1) is 5.69 Å². The molecule has 12 heteroatoms. The van der Waals surface area contributed by atoms with Crippen molar-refractivity contribution < 1.29 is 31.1 Å². The van der Waals surface area contributed by atoms with E-state index in [0.29, 0.717) is 5.69 Å². The van der Waals surface area contributed by atoms with Crippen molar-refractivity contribution in [3.05, 3.63) is 69.5 Å². The number of aromatic nitrogens is 2. The Morgan fingerprint density at radius 2 is 1.47 bits per heavy atom. The maximum absolute atomic E-state index is 13.2. The second-order valence-corrected chi connectivity index (χ2v) is 7.78. The van der Waals surface area contributed by atoms with Crippen LogP contribution in [0, 0.1) is 13.8 Å². The Morgan fingerprint density at radius 1 is 0.906 bits per heavy atom. The van der Waals surface area contributed by atoms with Crippen molar-refractivity contribution in [2.24, 2.45) is 0 Å². The van der Waals surface area contributed by atoms with Gasteiger partial charge in [0.15, 0.2) is 5.69 Å². The molecule has 3 aromatic rings. The lowest BCUT2D eigenvalue weighted by Crippen LogP contribution is -2.20. The molecule has 0 fully saturated rings. The highest BCUT2D eigenvalue weighted by atomic mass is 79.9. The van der Waals surface area contributed by atoms with Crippen LogP contribution in [0.15, 0.2) is 46.9 Å². The standard InChI is InChI=1S/C20H15BrF6N4O/c1-10-7-12(21)8-11(2)17(10)29-18(32)28-13-3-5-14(6-4-13)31-16(20(25,26)27)9-15(30-31)19(22,23)24/h3-9H,1-2H3,(H2,28,29,32). The number of carbonyl (C=O) groups excluding carboxylic acids is 1. The van der Waals surface area contributed by atoms with Gasteiger partial charge >= 0.3 is 18.4 Å². The third kappa shape index (κ3) is 5.23. The predicted octanol–water partition coefficient (Wildman–Crippen LogP) is 6.93. The van der Waals surface area contributed by atoms with Crippen molar-refractivity contribution in [3.8, 4) is 5.69 Å². The number of benzene rings is 2. The third-order valence-electron chi connectivity index (χ3n) is 4.40. The van der Waals surface area contributed by atoms with Gasteiger partial charge in [0, 0.05) is 21.9 Å². The minimum absolute atomic E-state index is 0.0531. The van der Waals surface area contributed by atoms with Gasteiger partial charge in [0.25, 0.3) is 0 Å². The average Bonchev–Trinajstić information content (AvgIpc) is 3.12. The zero-order chi connectivity index (χ0) is 23.8. The molecule has 0 bridgehead atoms. The highest BCUT2D eigenvalue weighted by Crippen LogP contribution is 2.36. The largest absolute Gasteiger partial charge is 0.435 e. The highest BCUT2D eigenvalue weighted by Gasteiger charge is 2.42. The van der Waals surface area contributed by atoms with Gasteiger partial charge in [-0.15, -0.1) is 0 Å². The lowest BCUT2D eigenvalue weighted by Gasteiger charge is -2.14. The van der Waals surface area contributed by atoms with Gasteiger partial charge < -0.3 is 10.6 Å². The quantitative estimate of drug-likeness (QED) is 0.367. The normalized spacial score (nSPS) is 12.0. The Kier molecular flexibility index (Phi) is 6.27. The fourth-order valence-electron chi connectivity index (χ4n) is 2.99. The Balaban J connectivity index is 1.82. The summed E-state index contributed by atoms with van der Waals surface area (Å²) in [7, 11) is 0. The van der Waals surface area contributed by atoms with E-state index in [1.165, 1.54) is 12.1 Å². The first-order valence-electron chi connectivity index (χ1n) is 8.95. The smallest absolute Gasteiger partial charge is 0.308 e. The number of amides is 2. The molecule has 0 aliphatic carbocycles. The Morgan fingerprint density at radius 3 is 1.97 bits per heavy atom. The summed E-state index contributed by atoms with van der Waals surface area (Å²) in [5, 5.41) is 8.27. The first-order valence-corrected chi connectivity index (χ1v) is 9.74. The Hall–Kier alpha value is -3.02. The molecule has 170 valence electrons. The topological polar surface area (TPSA) is 59.0 Å². The summed E-state index contributed by atoms with van der Waals surface area (Å²) in [5.74, 6) is 0. The summed E-state index contributed by atoms with van der Waals surface area (Å²) < 4.78 is 79.1. The van der Waals surface area contributed by atoms with Crippen LogP contribution in [-0.2, 0) is 12.4 Å². The van der Waals surface area contributed by atoms with Crippen molar-refractivity contribution >= 4 is 33.3 Å². The number of carbonyl (C=O) groups is 1. The number of rotatable bonds is 3. The van der Waals surface area contributed by atoms with Gasteiger partial charge in [-0.2, -0.15) is 31.4 Å². The van der Waals surface area contributed by atoms with Gasteiger partial charge in [-0.25, -0.2) is 9.48 Å². The molecule has 0 unspecified atom stereocenters. The molecule has 2 N–H and O–H groups in total. The second-order valence-electron chi connectivity index (χ2n) is 6.86. The second kappa shape index (κ2) is 8.49. The first-order chi connectivity index (χ1) is 14.8. The van der Waals surface area contributed by atoms with Gasteiger partial charge in [0.1, 0.15) is 5.69 Å². The van der Waals surface area contributed by atoms with E-state index in [9.17, 15) is 31.1 Å². The number of hydrogen-bond acceptors (Lipinski definition) is 2. The maximum Gasteiger partial charge on any atom is 0.435 e. The number of alkyl halides is 6. The molecule has 0 aliphatic heterocycles. The zero-order valence-electron chi connectivity index (χ0n) is 16.5. The van der Waals surface area contributed by atoms with E-state index >= 15 is 0 Å². The van der Waals surface area contributed by atoms with E-state index in [-0.39, 0.29) is 22.1 Å². The van der Waals surface area contributed by atoms with Crippen LogP contribution >= 0.6 is 15.9 Å². The molecule has 3 rings (SSSR count). The highest BCUT2D eigenvalue weighted by molar-refractivity contribution is 9.10. The fraction of sp³-hybridized carbons (Fsp3) is 0.200. The van der Waals surface area contributed by atoms with Gasteiger partial charge in [-0.05, 0) is 61.4 Å². The summed E-state index contributed by atoms with van der Waals surface area (Å²) in [6.07, 6.45) is -10.1. The Bertz CT molecular complexity index is 1130. The molecule has 0 saturated carbocycles. The minimum Gasteiger partial charge on any atom is -0.308 e. The van der Waals surface area contributed by atoms with E-state index in [2.05, 4.69) is 31.7 Å². The average molecular weight is 521 g/mol.